The van der Waals surface area contributed by atoms with E-state index in [1.807, 2.05) is 13.8 Å². The van der Waals surface area contributed by atoms with Crippen LogP contribution in [0.15, 0.2) is 52.3 Å². The van der Waals surface area contributed by atoms with Gasteiger partial charge in [0.2, 0.25) is 0 Å². The molecule has 1 unspecified atom stereocenters. The van der Waals surface area contributed by atoms with Crippen LogP contribution in [0.25, 0.3) is 0 Å². The predicted molar refractivity (Wildman–Crippen MR) is 147 cm³/mol. The lowest BCUT2D eigenvalue weighted by Gasteiger charge is -2.30. The summed E-state index contributed by atoms with van der Waals surface area (Å²) in [6.07, 6.45) is 4.57. The van der Waals surface area contributed by atoms with Crippen LogP contribution in [0.1, 0.15) is 47.0 Å². The molecule has 1 atom stereocenters. The third-order valence-corrected chi connectivity index (χ3v) is 7.67. The summed E-state index contributed by atoms with van der Waals surface area (Å²) in [7, 11) is 3.20. The van der Waals surface area contributed by atoms with E-state index in [9.17, 15) is 4.79 Å². The number of hydrogen-bond acceptors (Lipinski definition) is 7. The zero-order valence-electron chi connectivity index (χ0n) is 21.4. The van der Waals surface area contributed by atoms with Crippen LogP contribution < -0.4 is 9.64 Å². The number of thioether (sulfide) groups is 1. The molecule has 2 aromatic carbocycles. The largest absolute Gasteiger partial charge is 0.491 e. The van der Waals surface area contributed by atoms with Crippen LogP contribution in [0.4, 0.5) is 11.4 Å². The Morgan fingerprint density at radius 1 is 1.21 bits per heavy atom. The maximum atomic E-state index is 11.4. The number of anilines is 2. The molecule has 1 aliphatic heterocycles. The quantitative estimate of drug-likeness (QED) is 0.220. The van der Waals surface area contributed by atoms with E-state index in [0.29, 0.717) is 12.6 Å². The van der Waals surface area contributed by atoms with Gasteiger partial charge in [-0.1, -0.05) is 44.9 Å². The Morgan fingerprint density at radius 3 is 2.53 bits per heavy atom. The highest BCUT2D eigenvalue weighted by atomic mass is 32.2. The normalized spacial score (nSPS) is 16.2. The molecule has 1 heterocycles. The number of fused-ring (bicyclic) bond motifs is 1. The molecular weight excluding hydrogens is 464 g/mol. The number of aliphatic hydroxyl groups excluding tert-OH is 1. The van der Waals surface area contributed by atoms with E-state index in [2.05, 4.69) is 72.6 Å². The topological polar surface area (TPSA) is 53.0 Å². The van der Waals surface area contributed by atoms with E-state index in [-0.39, 0.29) is 0 Å². The summed E-state index contributed by atoms with van der Waals surface area (Å²) >= 11 is 3.59. The van der Waals surface area contributed by atoms with Crippen molar-refractivity contribution < 1.29 is 14.6 Å². The molecule has 1 N–H and O–H groups in total. The van der Waals surface area contributed by atoms with E-state index >= 15 is 0 Å². The van der Waals surface area contributed by atoms with Gasteiger partial charge in [0.1, 0.15) is 12.0 Å². The predicted octanol–water partition coefficient (Wildman–Crippen LogP) is 6.66. The zero-order chi connectivity index (χ0) is 25.1. The molecule has 7 heteroatoms. The van der Waals surface area contributed by atoms with Gasteiger partial charge in [0.05, 0.1) is 27.5 Å². The van der Waals surface area contributed by atoms with Gasteiger partial charge >= 0.3 is 0 Å². The van der Waals surface area contributed by atoms with Crippen LogP contribution in [0.5, 0.6) is 5.75 Å². The molecule has 0 radical (unpaired) electrons. The van der Waals surface area contributed by atoms with E-state index in [0.717, 1.165) is 36.3 Å². The van der Waals surface area contributed by atoms with Crippen molar-refractivity contribution in [2.75, 3.05) is 38.0 Å². The highest BCUT2D eigenvalue weighted by Crippen LogP contribution is 2.46. The van der Waals surface area contributed by atoms with Crippen molar-refractivity contribution in [2.24, 2.45) is 5.41 Å². The van der Waals surface area contributed by atoms with Crippen molar-refractivity contribution in [1.82, 2.24) is 4.31 Å². The molecule has 0 aromatic heterocycles. The van der Waals surface area contributed by atoms with Crippen LogP contribution in [0, 0.1) is 5.41 Å². The van der Waals surface area contributed by atoms with E-state index in [1.54, 1.807) is 23.7 Å². The lowest BCUT2D eigenvalue weighted by molar-refractivity contribution is -0.116. The van der Waals surface area contributed by atoms with Gasteiger partial charge in [0, 0.05) is 25.4 Å². The number of carbonyl (C=O) groups is 1. The SMILES string of the molecule is CCCCC1CN(c2ccccc2)c2cc(SCC)c(OCC(C)(C)C=O)cc2SN1C.CO. The third kappa shape index (κ3) is 7.67. The molecule has 0 amide bonds. The number of hydrogen-bond donors (Lipinski definition) is 1. The lowest BCUT2D eigenvalue weighted by atomic mass is 9.98. The Bertz CT molecular complexity index is 893. The van der Waals surface area contributed by atoms with Crippen LogP contribution in [0.2, 0.25) is 0 Å². The lowest BCUT2D eigenvalue weighted by Crippen LogP contribution is -2.35. The Morgan fingerprint density at radius 2 is 1.91 bits per heavy atom. The minimum Gasteiger partial charge on any atom is -0.491 e. The molecule has 34 heavy (non-hydrogen) atoms. The number of aldehydes is 1. The van der Waals surface area contributed by atoms with Crippen molar-refractivity contribution in [3.05, 3.63) is 42.5 Å². The smallest absolute Gasteiger partial charge is 0.134 e. The summed E-state index contributed by atoms with van der Waals surface area (Å²) in [4.78, 5) is 16.2. The van der Waals surface area contributed by atoms with Crippen molar-refractivity contribution in [3.63, 3.8) is 0 Å². The molecule has 0 bridgehead atoms. The maximum absolute atomic E-state index is 11.4. The first kappa shape index (κ1) is 28.6. The fraction of sp³-hybridized carbons (Fsp3) is 0.519. The first-order valence-electron chi connectivity index (χ1n) is 12.0. The van der Waals surface area contributed by atoms with Crippen molar-refractivity contribution in [2.45, 2.75) is 62.8 Å². The maximum Gasteiger partial charge on any atom is 0.134 e. The van der Waals surface area contributed by atoms with Gasteiger partial charge in [0.25, 0.3) is 0 Å². The van der Waals surface area contributed by atoms with Crippen molar-refractivity contribution in [3.8, 4) is 5.75 Å². The molecule has 188 valence electrons. The molecule has 1 aliphatic rings. The van der Waals surface area contributed by atoms with Crippen molar-refractivity contribution in [1.29, 1.82) is 0 Å². The van der Waals surface area contributed by atoms with Gasteiger partial charge < -0.3 is 19.5 Å². The van der Waals surface area contributed by atoms with Gasteiger partial charge in [-0.15, -0.1) is 11.8 Å². The molecule has 0 saturated carbocycles. The van der Waals surface area contributed by atoms with Gasteiger partial charge in [0.15, 0.2) is 0 Å². The molecule has 3 rings (SSSR count). The Labute approximate surface area is 214 Å². The fourth-order valence-corrected chi connectivity index (χ4v) is 5.53. The number of likely N-dealkylation sites (N-methyl/N-ethyl adjacent to an activating group) is 1. The summed E-state index contributed by atoms with van der Waals surface area (Å²) in [6.45, 7) is 9.56. The Kier molecular flexibility index (Phi) is 11.8. The van der Waals surface area contributed by atoms with Crippen LogP contribution in [0.3, 0.4) is 0 Å². The molecule has 2 aromatic rings. The highest BCUT2D eigenvalue weighted by molar-refractivity contribution is 7.99. The minimum absolute atomic E-state index is 0.370. The number of aliphatic hydroxyl groups is 1. The number of para-hydroxylation sites is 1. The summed E-state index contributed by atoms with van der Waals surface area (Å²) in [6, 6.07) is 15.6. The van der Waals surface area contributed by atoms with Gasteiger partial charge in [-0.2, -0.15) is 0 Å². The molecule has 0 aliphatic carbocycles. The summed E-state index contributed by atoms with van der Waals surface area (Å²) in [5.74, 6) is 1.83. The third-order valence-electron chi connectivity index (χ3n) is 5.64. The first-order chi connectivity index (χ1) is 16.4. The molecule has 0 spiro atoms. The number of nitrogens with zero attached hydrogens (tertiary/aromatic N) is 2. The number of carbonyl (C=O) groups excluding carboxylic acids is 1. The van der Waals surface area contributed by atoms with Crippen LogP contribution >= 0.6 is 23.7 Å². The highest BCUT2D eigenvalue weighted by Gasteiger charge is 2.29. The first-order valence-corrected chi connectivity index (χ1v) is 13.7. The zero-order valence-corrected chi connectivity index (χ0v) is 23.0. The van der Waals surface area contributed by atoms with Gasteiger partial charge in [-0.25, -0.2) is 4.31 Å². The second-order valence-corrected chi connectivity index (χ2v) is 11.5. The Hall–Kier alpha value is -1.67. The molecule has 0 saturated heterocycles. The number of rotatable bonds is 10. The van der Waals surface area contributed by atoms with E-state index < -0.39 is 5.41 Å². The summed E-state index contributed by atoms with van der Waals surface area (Å²) < 4.78 is 8.62. The van der Waals surface area contributed by atoms with Crippen LogP contribution in [-0.4, -0.2) is 54.8 Å². The number of unbranched alkanes of at least 4 members (excludes halogenated alkanes) is 1. The average Bonchev–Trinajstić information content (AvgIpc) is 2.99. The van der Waals surface area contributed by atoms with E-state index in [1.165, 1.54) is 35.5 Å². The Balaban J connectivity index is 0.00000199. The van der Waals surface area contributed by atoms with Crippen LogP contribution in [-0.2, 0) is 4.79 Å². The monoisotopic (exact) mass is 504 g/mol. The van der Waals surface area contributed by atoms with Gasteiger partial charge in [-0.3, -0.25) is 0 Å². The van der Waals surface area contributed by atoms with Gasteiger partial charge in [-0.05, 0) is 69.3 Å². The fourth-order valence-electron chi connectivity index (χ4n) is 3.71. The average molecular weight is 505 g/mol. The van der Waals surface area contributed by atoms with E-state index in [4.69, 9.17) is 9.84 Å². The van der Waals surface area contributed by atoms with Crippen molar-refractivity contribution >= 4 is 41.4 Å². The number of benzene rings is 2. The second-order valence-electron chi connectivity index (χ2n) is 8.97. The number of ether oxygens (including phenoxy) is 1. The second kappa shape index (κ2) is 14.0. The summed E-state index contributed by atoms with van der Waals surface area (Å²) in [5.41, 5.74) is 1.94. The minimum atomic E-state index is -0.508. The molecule has 0 fully saturated rings. The molecule has 5 nitrogen and oxygen atoms in total. The standard InChI is InChI=1S/C26H36N2O2S2.CH4O/c1-6-8-12-21-17-28(20-13-10-9-11-14-20)22-15-25(31-7-2)23(16-24(22)32-27(21)5)30-19-26(3,4)18-29;1-2/h9-11,13-16,18,21H,6-8,12,17,19H2,1-5H3;2H,1H3. The summed E-state index contributed by atoms with van der Waals surface area (Å²) in [5, 5.41) is 7.00. The molecular formula is C27H40N2O3S2.